The molecular formula is C7H9NO2. The van der Waals surface area contributed by atoms with Gasteiger partial charge in [0.2, 0.25) is 0 Å². The van der Waals surface area contributed by atoms with E-state index in [0.717, 1.165) is 12.8 Å². The minimum atomic E-state index is -0.902. The van der Waals surface area contributed by atoms with E-state index in [-0.39, 0.29) is 6.04 Å². The number of amides is 1. The van der Waals surface area contributed by atoms with Crippen LogP contribution in [-0.2, 0) is 0 Å². The molecule has 54 valence electrons. The summed E-state index contributed by atoms with van der Waals surface area (Å²) in [5.74, 6) is 2.44. The molecule has 1 aliphatic rings. The van der Waals surface area contributed by atoms with E-state index in [2.05, 4.69) is 5.92 Å². The third-order valence-corrected chi connectivity index (χ3v) is 1.69. The van der Waals surface area contributed by atoms with E-state index in [4.69, 9.17) is 11.5 Å². The maximum Gasteiger partial charge on any atom is 0.408 e. The van der Waals surface area contributed by atoms with Crippen molar-refractivity contribution in [1.82, 2.24) is 4.90 Å². The molecule has 3 nitrogen and oxygen atoms in total. The number of hydrogen-bond acceptors (Lipinski definition) is 1. The zero-order valence-corrected chi connectivity index (χ0v) is 5.58. The van der Waals surface area contributed by atoms with Crippen LogP contribution < -0.4 is 0 Å². The number of rotatable bonds is 0. The van der Waals surface area contributed by atoms with Crippen molar-refractivity contribution in [3.63, 3.8) is 0 Å². The second-order valence-corrected chi connectivity index (χ2v) is 2.30. The summed E-state index contributed by atoms with van der Waals surface area (Å²) in [6, 6.07) is -0.183. The van der Waals surface area contributed by atoms with Gasteiger partial charge in [-0.05, 0) is 12.8 Å². The molecular weight excluding hydrogens is 130 g/mol. The lowest BCUT2D eigenvalue weighted by molar-refractivity contribution is 0.148. The van der Waals surface area contributed by atoms with E-state index in [1.807, 2.05) is 0 Å². The van der Waals surface area contributed by atoms with Crippen LogP contribution in [0.1, 0.15) is 12.8 Å². The highest BCUT2D eigenvalue weighted by Crippen LogP contribution is 2.15. The molecule has 1 heterocycles. The molecule has 1 saturated heterocycles. The molecule has 1 atom stereocenters. The first-order chi connectivity index (χ1) is 4.75. The monoisotopic (exact) mass is 139 g/mol. The van der Waals surface area contributed by atoms with Crippen LogP contribution in [0.25, 0.3) is 0 Å². The Bertz CT molecular complexity index is 183. The van der Waals surface area contributed by atoms with Gasteiger partial charge in [-0.3, -0.25) is 4.90 Å². The van der Waals surface area contributed by atoms with Gasteiger partial charge in [0, 0.05) is 6.54 Å². The molecule has 0 radical (unpaired) electrons. The molecule has 1 aliphatic heterocycles. The molecule has 1 rings (SSSR count). The fraction of sp³-hybridized carbons (Fsp3) is 0.571. The van der Waals surface area contributed by atoms with Gasteiger partial charge in [0.1, 0.15) is 0 Å². The summed E-state index contributed by atoms with van der Waals surface area (Å²) >= 11 is 0. The first-order valence-corrected chi connectivity index (χ1v) is 3.21. The van der Waals surface area contributed by atoms with Gasteiger partial charge in [-0.15, -0.1) is 6.42 Å². The fourth-order valence-corrected chi connectivity index (χ4v) is 1.17. The van der Waals surface area contributed by atoms with Crippen LogP contribution in [0.15, 0.2) is 0 Å². The van der Waals surface area contributed by atoms with E-state index < -0.39 is 6.09 Å². The quantitative estimate of drug-likeness (QED) is 0.503. The van der Waals surface area contributed by atoms with Crippen molar-refractivity contribution in [2.24, 2.45) is 0 Å². The van der Waals surface area contributed by atoms with Crippen LogP contribution in [-0.4, -0.2) is 28.7 Å². The molecule has 10 heavy (non-hydrogen) atoms. The summed E-state index contributed by atoms with van der Waals surface area (Å²) in [4.78, 5) is 11.7. The topological polar surface area (TPSA) is 40.5 Å². The van der Waals surface area contributed by atoms with Crippen molar-refractivity contribution >= 4 is 6.09 Å². The van der Waals surface area contributed by atoms with Crippen molar-refractivity contribution < 1.29 is 9.90 Å². The highest BCUT2D eigenvalue weighted by atomic mass is 16.4. The lowest BCUT2D eigenvalue weighted by Crippen LogP contribution is -2.32. The Kier molecular flexibility index (Phi) is 1.81. The molecule has 0 saturated carbocycles. The van der Waals surface area contributed by atoms with Crippen molar-refractivity contribution in [2.45, 2.75) is 18.9 Å². The molecule has 1 N–H and O–H groups in total. The largest absolute Gasteiger partial charge is 0.465 e. The Balaban J connectivity index is 2.61. The van der Waals surface area contributed by atoms with Gasteiger partial charge in [0.05, 0.1) is 6.04 Å². The summed E-state index contributed by atoms with van der Waals surface area (Å²) in [5, 5.41) is 8.55. The average molecular weight is 139 g/mol. The third-order valence-electron chi connectivity index (χ3n) is 1.69. The number of terminal acetylenes is 1. The molecule has 3 heteroatoms. The highest BCUT2D eigenvalue weighted by Gasteiger charge is 2.26. The number of carboxylic acid groups (broad SMARTS) is 1. The van der Waals surface area contributed by atoms with E-state index in [1.165, 1.54) is 4.90 Å². The molecule has 1 unspecified atom stereocenters. The zero-order chi connectivity index (χ0) is 7.56. The summed E-state index contributed by atoms with van der Waals surface area (Å²) in [6.45, 7) is 0.587. The Morgan fingerprint density at radius 2 is 2.50 bits per heavy atom. The Morgan fingerprint density at radius 3 is 2.90 bits per heavy atom. The Morgan fingerprint density at radius 1 is 1.80 bits per heavy atom. The normalized spacial score (nSPS) is 24.3. The van der Waals surface area contributed by atoms with Gasteiger partial charge >= 0.3 is 6.09 Å². The maximum absolute atomic E-state index is 10.4. The first-order valence-electron chi connectivity index (χ1n) is 3.21. The minimum Gasteiger partial charge on any atom is -0.465 e. The molecule has 1 fully saturated rings. The van der Waals surface area contributed by atoms with Gasteiger partial charge in [0.25, 0.3) is 0 Å². The second-order valence-electron chi connectivity index (χ2n) is 2.30. The lowest BCUT2D eigenvalue weighted by atomic mass is 10.2. The zero-order valence-electron chi connectivity index (χ0n) is 5.58. The Labute approximate surface area is 59.6 Å². The molecule has 1 amide bonds. The van der Waals surface area contributed by atoms with Crippen molar-refractivity contribution in [3.8, 4) is 12.3 Å². The van der Waals surface area contributed by atoms with Gasteiger partial charge in [-0.2, -0.15) is 0 Å². The molecule has 0 aromatic carbocycles. The van der Waals surface area contributed by atoms with Gasteiger partial charge in [0.15, 0.2) is 0 Å². The van der Waals surface area contributed by atoms with Crippen LogP contribution in [0, 0.1) is 12.3 Å². The van der Waals surface area contributed by atoms with Crippen LogP contribution in [0.2, 0.25) is 0 Å². The predicted molar refractivity (Wildman–Crippen MR) is 36.6 cm³/mol. The van der Waals surface area contributed by atoms with Crippen molar-refractivity contribution in [3.05, 3.63) is 0 Å². The van der Waals surface area contributed by atoms with Crippen LogP contribution >= 0.6 is 0 Å². The van der Waals surface area contributed by atoms with Crippen molar-refractivity contribution in [1.29, 1.82) is 0 Å². The summed E-state index contributed by atoms with van der Waals surface area (Å²) < 4.78 is 0. The van der Waals surface area contributed by atoms with Crippen LogP contribution in [0.5, 0.6) is 0 Å². The maximum atomic E-state index is 10.4. The van der Waals surface area contributed by atoms with Crippen LogP contribution in [0.3, 0.4) is 0 Å². The highest BCUT2D eigenvalue weighted by molar-refractivity contribution is 5.66. The van der Waals surface area contributed by atoms with Gasteiger partial charge in [-0.25, -0.2) is 4.79 Å². The smallest absolute Gasteiger partial charge is 0.408 e. The summed E-state index contributed by atoms with van der Waals surface area (Å²) in [5.41, 5.74) is 0. The van der Waals surface area contributed by atoms with E-state index in [1.54, 1.807) is 0 Å². The number of likely N-dealkylation sites (tertiary alicyclic amines) is 1. The third kappa shape index (κ3) is 1.06. The summed E-state index contributed by atoms with van der Waals surface area (Å²) in [7, 11) is 0. The number of carbonyl (C=O) groups is 1. The fourth-order valence-electron chi connectivity index (χ4n) is 1.17. The van der Waals surface area contributed by atoms with Crippen molar-refractivity contribution in [2.75, 3.05) is 6.54 Å². The summed E-state index contributed by atoms with van der Waals surface area (Å²) in [6.07, 6.45) is 5.90. The predicted octanol–water partition coefficient (Wildman–Crippen LogP) is 0.762. The molecule has 0 aromatic rings. The van der Waals surface area contributed by atoms with E-state index >= 15 is 0 Å². The van der Waals surface area contributed by atoms with E-state index in [0.29, 0.717) is 6.54 Å². The van der Waals surface area contributed by atoms with Gasteiger partial charge in [-0.1, -0.05) is 5.92 Å². The molecule has 0 aliphatic carbocycles. The minimum absolute atomic E-state index is 0.183. The molecule has 0 bridgehead atoms. The standard InChI is InChI=1S/C7H9NO2/c1-2-6-4-3-5-8(6)7(9)10/h1,6H,3-5H2,(H,9,10). The second kappa shape index (κ2) is 2.61. The first kappa shape index (κ1) is 6.94. The average Bonchev–Trinajstić information content (AvgIpc) is 2.33. The SMILES string of the molecule is C#CC1CCCN1C(=O)O. The molecule has 0 spiro atoms. The van der Waals surface area contributed by atoms with Gasteiger partial charge < -0.3 is 5.11 Å². The van der Waals surface area contributed by atoms with E-state index in [9.17, 15) is 4.79 Å². The lowest BCUT2D eigenvalue weighted by Gasteiger charge is -2.15. The number of hydrogen-bond donors (Lipinski definition) is 1. The van der Waals surface area contributed by atoms with Crippen LogP contribution in [0.4, 0.5) is 4.79 Å². The number of nitrogens with zero attached hydrogens (tertiary/aromatic N) is 1. The molecule has 0 aromatic heterocycles. The Hall–Kier alpha value is -1.17.